The summed E-state index contributed by atoms with van der Waals surface area (Å²) in [6.07, 6.45) is -0.634. The van der Waals surface area contributed by atoms with Gasteiger partial charge in [-0.1, -0.05) is 30.3 Å². The van der Waals surface area contributed by atoms with Crippen molar-refractivity contribution in [1.29, 1.82) is 0 Å². The molecule has 1 saturated heterocycles. The van der Waals surface area contributed by atoms with Gasteiger partial charge >= 0.3 is 17.9 Å². The molecule has 0 radical (unpaired) electrons. The summed E-state index contributed by atoms with van der Waals surface area (Å²) in [5, 5.41) is 10.9. The molecule has 0 aliphatic carbocycles. The predicted molar refractivity (Wildman–Crippen MR) is 94.8 cm³/mol. The monoisotopic (exact) mass is 393 g/mol. The van der Waals surface area contributed by atoms with Crippen LogP contribution in [-0.4, -0.2) is 72.3 Å². The fraction of sp³-hybridized carbons (Fsp3) is 0.474. The Morgan fingerprint density at radius 2 is 1.61 bits per heavy atom. The van der Waals surface area contributed by atoms with E-state index in [0.717, 1.165) is 33.2 Å². The van der Waals surface area contributed by atoms with E-state index in [-0.39, 0.29) is 6.42 Å². The molecular formula is C19H23NO8. The second-order valence-electron chi connectivity index (χ2n) is 6.64. The van der Waals surface area contributed by atoms with Crippen LogP contribution in [-0.2, 0) is 39.8 Å². The van der Waals surface area contributed by atoms with Crippen LogP contribution in [0.5, 0.6) is 0 Å². The molecule has 28 heavy (non-hydrogen) atoms. The molecule has 1 heterocycles. The van der Waals surface area contributed by atoms with Crippen LogP contribution < -0.4 is 0 Å². The maximum absolute atomic E-state index is 12.8. The highest BCUT2D eigenvalue weighted by atomic mass is 16.6. The Bertz CT molecular complexity index is 757. The molecule has 152 valence electrons. The lowest BCUT2D eigenvalue weighted by Crippen LogP contribution is -2.71. The zero-order valence-corrected chi connectivity index (χ0v) is 16.1. The predicted octanol–water partition coefficient (Wildman–Crippen LogP) is -0.161. The van der Waals surface area contributed by atoms with E-state index in [9.17, 15) is 24.3 Å². The zero-order chi connectivity index (χ0) is 21.1. The molecule has 9 heteroatoms. The van der Waals surface area contributed by atoms with Crippen molar-refractivity contribution in [3.63, 3.8) is 0 Å². The molecule has 1 N–H and O–H groups in total. The third-order valence-electron chi connectivity index (χ3n) is 4.92. The van der Waals surface area contributed by atoms with Crippen LogP contribution in [0.15, 0.2) is 30.3 Å². The lowest BCUT2D eigenvalue weighted by molar-refractivity contribution is -0.190. The van der Waals surface area contributed by atoms with Gasteiger partial charge in [-0.15, -0.1) is 0 Å². The Morgan fingerprint density at radius 3 is 2.07 bits per heavy atom. The number of carbonyl (C=O) groups is 4. The summed E-state index contributed by atoms with van der Waals surface area (Å²) in [5.41, 5.74) is -4.07. The number of likely N-dealkylation sites (tertiary alicyclic amines) is 1. The topological polar surface area (TPSA) is 119 Å². The van der Waals surface area contributed by atoms with Crippen molar-refractivity contribution in [1.82, 2.24) is 4.90 Å². The Hall–Kier alpha value is -2.94. The van der Waals surface area contributed by atoms with Crippen LogP contribution in [0.4, 0.5) is 0 Å². The van der Waals surface area contributed by atoms with E-state index in [1.54, 1.807) is 30.3 Å². The smallest absolute Gasteiger partial charge is 0.346 e. The van der Waals surface area contributed by atoms with Gasteiger partial charge < -0.3 is 24.2 Å². The minimum atomic E-state index is -2.55. The van der Waals surface area contributed by atoms with Gasteiger partial charge in [0.1, 0.15) is 11.6 Å². The Kier molecular flexibility index (Phi) is 6.08. The van der Waals surface area contributed by atoms with E-state index in [1.165, 1.54) is 0 Å². The summed E-state index contributed by atoms with van der Waals surface area (Å²) in [6, 6.07) is 7.31. The van der Waals surface area contributed by atoms with Gasteiger partial charge in [-0.05, 0) is 12.5 Å². The quantitative estimate of drug-likeness (QED) is 0.402. The zero-order valence-electron chi connectivity index (χ0n) is 16.1. The minimum absolute atomic E-state index is 0.0505. The number of aliphatic hydroxyl groups is 1. The maximum Gasteiger partial charge on any atom is 0.346 e. The fourth-order valence-corrected chi connectivity index (χ4v) is 3.63. The second-order valence-corrected chi connectivity index (χ2v) is 6.64. The number of rotatable bonds is 6. The molecule has 2 atom stereocenters. The highest BCUT2D eigenvalue weighted by molar-refractivity contribution is 6.13. The molecule has 1 aromatic carbocycles. The summed E-state index contributed by atoms with van der Waals surface area (Å²) in [7, 11) is 3.14. The molecule has 9 nitrogen and oxygen atoms in total. The second kappa shape index (κ2) is 7.97. The van der Waals surface area contributed by atoms with Crippen LogP contribution in [0.3, 0.4) is 0 Å². The number of carbonyl (C=O) groups excluding carboxylic acids is 4. The van der Waals surface area contributed by atoms with Crippen LogP contribution >= 0.6 is 0 Å². The van der Waals surface area contributed by atoms with Crippen molar-refractivity contribution in [2.45, 2.75) is 36.9 Å². The largest absolute Gasteiger partial charge is 0.467 e. The SMILES string of the molecule is COC(=O)C(Cc1ccccc1)N1C(=O)CC(C)(O)C1(C(=O)OC)C(=O)OC. The van der Waals surface area contributed by atoms with Crippen molar-refractivity contribution in [3.05, 3.63) is 35.9 Å². The number of hydrogen-bond donors (Lipinski definition) is 1. The number of esters is 3. The highest BCUT2D eigenvalue weighted by Crippen LogP contribution is 2.43. The van der Waals surface area contributed by atoms with E-state index in [2.05, 4.69) is 0 Å². The summed E-state index contributed by atoms with van der Waals surface area (Å²) in [4.78, 5) is 51.6. The Labute approximate surface area is 162 Å². The first-order valence-electron chi connectivity index (χ1n) is 8.50. The molecule has 2 rings (SSSR count). The number of amides is 1. The number of benzene rings is 1. The molecular weight excluding hydrogens is 370 g/mol. The minimum Gasteiger partial charge on any atom is -0.467 e. The van der Waals surface area contributed by atoms with Crippen molar-refractivity contribution in [2.75, 3.05) is 21.3 Å². The van der Waals surface area contributed by atoms with Gasteiger partial charge in [-0.2, -0.15) is 0 Å². The Morgan fingerprint density at radius 1 is 1.07 bits per heavy atom. The summed E-state index contributed by atoms with van der Waals surface area (Å²) in [6.45, 7) is 1.15. The first-order valence-corrected chi connectivity index (χ1v) is 8.50. The van der Waals surface area contributed by atoms with Gasteiger partial charge in [0, 0.05) is 6.42 Å². The highest BCUT2D eigenvalue weighted by Gasteiger charge is 2.73. The summed E-state index contributed by atoms with van der Waals surface area (Å²) < 4.78 is 14.3. The van der Waals surface area contributed by atoms with Crippen LogP contribution in [0.25, 0.3) is 0 Å². The molecule has 0 spiro atoms. The standard InChI is InChI=1S/C19H23NO8/c1-18(25)11-14(21)20(19(18,16(23)27-3)17(24)28-4)13(15(22)26-2)10-12-8-6-5-7-9-12/h5-9,13,25H,10-11H2,1-4H3. The lowest BCUT2D eigenvalue weighted by Gasteiger charge is -2.42. The molecule has 0 bridgehead atoms. The first kappa shape index (κ1) is 21.4. The van der Waals surface area contributed by atoms with E-state index >= 15 is 0 Å². The molecule has 0 saturated carbocycles. The molecule has 1 aromatic rings. The average Bonchev–Trinajstić information content (AvgIpc) is 2.90. The maximum atomic E-state index is 12.8. The molecule has 2 unspecified atom stereocenters. The van der Waals surface area contributed by atoms with Gasteiger partial charge in [0.25, 0.3) is 5.54 Å². The van der Waals surface area contributed by atoms with Crippen molar-refractivity contribution in [2.24, 2.45) is 0 Å². The number of ether oxygens (including phenoxy) is 3. The number of nitrogens with zero attached hydrogens (tertiary/aromatic N) is 1. The molecule has 1 amide bonds. The third-order valence-corrected chi connectivity index (χ3v) is 4.92. The van der Waals surface area contributed by atoms with Crippen molar-refractivity contribution >= 4 is 23.8 Å². The van der Waals surface area contributed by atoms with Gasteiger partial charge in [-0.3, -0.25) is 4.79 Å². The summed E-state index contributed by atoms with van der Waals surface area (Å²) >= 11 is 0. The fourth-order valence-electron chi connectivity index (χ4n) is 3.63. The molecule has 1 aliphatic heterocycles. The molecule has 0 aromatic heterocycles. The van der Waals surface area contributed by atoms with Crippen LogP contribution in [0.1, 0.15) is 18.9 Å². The van der Waals surface area contributed by atoms with E-state index in [1.807, 2.05) is 0 Å². The van der Waals surface area contributed by atoms with Gasteiger partial charge in [-0.25, -0.2) is 14.4 Å². The Balaban J connectivity index is 2.69. The molecule has 1 fully saturated rings. The van der Waals surface area contributed by atoms with Crippen molar-refractivity contribution < 1.29 is 38.5 Å². The normalized spacial score (nSPS) is 21.8. The van der Waals surface area contributed by atoms with E-state index < -0.39 is 47.4 Å². The van der Waals surface area contributed by atoms with Crippen LogP contribution in [0, 0.1) is 0 Å². The third kappa shape index (κ3) is 3.22. The molecule has 1 aliphatic rings. The summed E-state index contributed by atoms with van der Waals surface area (Å²) in [5.74, 6) is -4.06. The lowest BCUT2D eigenvalue weighted by atomic mass is 9.80. The van der Waals surface area contributed by atoms with Gasteiger partial charge in [0.2, 0.25) is 5.91 Å². The van der Waals surface area contributed by atoms with E-state index in [0.29, 0.717) is 5.56 Å². The van der Waals surface area contributed by atoms with Crippen molar-refractivity contribution in [3.8, 4) is 0 Å². The van der Waals surface area contributed by atoms with Gasteiger partial charge in [0.05, 0.1) is 27.8 Å². The van der Waals surface area contributed by atoms with Crippen LogP contribution in [0.2, 0.25) is 0 Å². The number of hydrogen-bond acceptors (Lipinski definition) is 8. The average molecular weight is 393 g/mol. The van der Waals surface area contributed by atoms with E-state index in [4.69, 9.17) is 14.2 Å². The first-order chi connectivity index (χ1) is 13.2. The van der Waals surface area contributed by atoms with Gasteiger partial charge in [0.15, 0.2) is 0 Å². The number of methoxy groups -OCH3 is 3.